The minimum atomic E-state index is -0.544. The van der Waals surface area contributed by atoms with Gasteiger partial charge in [0.2, 0.25) is 0 Å². The number of carbonyl (C=O) groups is 2. The van der Waals surface area contributed by atoms with Gasteiger partial charge in [-0.3, -0.25) is 14.5 Å². The van der Waals surface area contributed by atoms with Gasteiger partial charge in [0.05, 0.1) is 31.3 Å². The van der Waals surface area contributed by atoms with E-state index in [0.29, 0.717) is 27.0 Å². The highest BCUT2D eigenvalue weighted by atomic mass is 35.5. The molecule has 0 saturated carbocycles. The first-order valence-corrected chi connectivity index (χ1v) is 8.25. The van der Waals surface area contributed by atoms with Gasteiger partial charge in [0.15, 0.2) is 0 Å². The molecule has 0 atom stereocenters. The molecule has 1 fully saturated rings. The number of halogens is 1. The molecule has 1 saturated heterocycles. The smallest absolute Gasteiger partial charge is 0.325 e. The zero-order valence-electron chi connectivity index (χ0n) is 13.1. The Hall–Kier alpha value is -1.77. The van der Waals surface area contributed by atoms with Crippen molar-refractivity contribution in [3.63, 3.8) is 0 Å². The molecule has 1 amide bonds. The van der Waals surface area contributed by atoms with Gasteiger partial charge in [0.1, 0.15) is 22.4 Å². The van der Waals surface area contributed by atoms with E-state index in [2.05, 4.69) is 4.74 Å². The van der Waals surface area contributed by atoms with Crippen molar-refractivity contribution in [3.8, 4) is 11.5 Å². The molecule has 128 valence electrons. The number of esters is 1. The third kappa shape index (κ3) is 3.82. The summed E-state index contributed by atoms with van der Waals surface area (Å²) in [6.45, 7) is -0.223. The van der Waals surface area contributed by atoms with Crippen molar-refractivity contribution >= 4 is 57.9 Å². The second kappa shape index (κ2) is 7.87. The Balaban J connectivity index is 2.35. The van der Waals surface area contributed by atoms with Gasteiger partial charge in [-0.05, 0) is 12.1 Å². The first-order chi connectivity index (χ1) is 11.4. The molecular weight excluding hydrogens is 374 g/mol. The minimum absolute atomic E-state index is 0.223. The quantitative estimate of drug-likeness (QED) is 0.437. The number of hydrogen-bond donors (Lipinski definition) is 0. The van der Waals surface area contributed by atoms with E-state index in [1.165, 1.54) is 26.2 Å². The molecule has 2 rings (SSSR count). The number of benzene rings is 1. The van der Waals surface area contributed by atoms with E-state index < -0.39 is 5.97 Å². The summed E-state index contributed by atoms with van der Waals surface area (Å²) in [6, 6.07) is 3.26. The van der Waals surface area contributed by atoms with E-state index in [1.54, 1.807) is 18.2 Å². The molecule has 0 radical (unpaired) electrons. The van der Waals surface area contributed by atoms with Crippen LogP contribution in [0.2, 0.25) is 5.02 Å². The molecular formula is C15H14ClNO5S2. The lowest BCUT2D eigenvalue weighted by Gasteiger charge is -2.12. The van der Waals surface area contributed by atoms with Crippen molar-refractivity contribution in [2.75, 3.05) is 27.9 Å². The lowest BCUT2D eigenvalue weighted by molar-refractivity contribution is -0.143. The number of nitrogens with zero attached hydrogens (tertiary/aromatic N) is 1. The van der Waals surface area contributed by atoms with Crippen LogP contribution in [0.15, 0.2) is 17.0 Å². The number of thiocarbonyl (C=S) groups is 1. The third-order valence-corrected chi connectivity index (χ3v) is 4.85. The lowest BCUT2D eigenvalue weighted by Crippen LogP contribution is -2.33. The summed E-state index contributed by atoms with van der Waals surface area (Å²) < 4.78 is 15.3. The van der Waals surface area contributed by atoms with Gasteiger partial charge < -0.3 is 14.2 Å². The van der Waals surface area contributed by atoms with Crippen LogP contribution in [-0.4, -0.2) is 49.0 Å². The van der Waals surface area contributed by atoms with Crippen molar-refractivity contribution in [1.29, 1.82) is 0 Å². The average Bonchev–Trinajstić information content (AvgIpc) is 2.82. The Morgan fingerprint density at radius 2 is 1.96 bits per heavy atom. The zero-order chi connectivity index (χ0) is 17.9. The second-order valence-electron chi connectivity index (χ2n) is 4.57. The summed E-state index contributed by atoms with van der Waals surface area (Å²) in [6.07, 6.45) is 1.61. The summed E-state index contributed by atoms with van der Waals surface area (Å²) >= 11 is 12.4. The third-order valence-electron chi connectivity index (χ3n) is 3.18. The van der Waals surface area contributed by atoms with Crippen LogP contribution in [0, 0.1) is 0 Å². The summed E-state index contributed by atoms with van der Waals surface area (Å²) in [5, 5.41) is 0.384. The molecule has 0 unspecified atom stereocenters. The maximum absolute atomic E-state index is 12.4. The second-order valence-corrected chi connectivity index (χ2v) is 6.66. The van der Waals surface area contributed by atoms with Crippen molar-refractivity contribution in [2.24, 2.45) is 0 Å². The van der Waals surface area contributed by atoms with Gasteiger partial charge in [-0.15, -0.1) is 0 Å². The first-order valence-electron chi connectivity index (χ1n) is 6.65. The molecule has 1 aromatic rings. The van der Waals surface area contributed by atoms with Crippen LogP contribution < -0.4 is 9.47 Å². The van der Waals surface area contributed by atoms with Gasteiger partial charge in [0.25, 0.3) is 5.91 Å². The topological polar surface area (TPSA) is 65.1 Å². The standard InChI is InChI=1S/C15H14ClNO5S2/c1-20-10-6-11(21-2)9(16)4-8(10)5-12-14(19)17(15(23)24-12)7-13(18)22-3/h4-6H,7H2,1-3H3/b12-5-. The summed E-state index contributed by atoms with van der Waals surface area (Å²) in [7, 11) is 4.25. The van der Waals surface area contributed by atoms with Gasteiger partial charge >= 0.3 is 5.97 Å². The average molecular weight is 388 g/mol. The van der Waals surface area contributed by atoms with Crippen molar-refractivity contribution in [2.45, 2.75) is 0 Å². The van der Waals surface area contributed by atoms with Crippen LogP contribution in [0.25, 0.3) is 6.08 Å². The Kier molecular flexibility index (Phi) is 6.09. The normalized spacial score (nSPS) is 15.8. The van der Waals surface area contributed by atoms with Crippen molar-refractivity contribution < 1.29 is 23.8 Å². The minimum Gasteiger partial charge on any atom is -0.496 e. The molecule has 1 aliphatic rings. The maximum Gasteiger partial charge on any atom is 0.325 e. The Labute approximate surface area is 153 Å². The number of carbonyl (C=O) groups excluding carboxylic acids is 2. The van der Waals surface area contributed by atoms with Crippen LogP contribution in [0.5, 0.6) is 11.5 Å². The predicted octanol–water partition coefficient (Wildman–Crippen LogP) is 2.73. The van der Waals surface area contributed by atoms with Gasteiger partial charge in [-0.25, -0.2) is 0 Å². The highest BCUT2D eigenvalue weighted by molar-refractivity contribution is 8.26. The lowest BCUT2D eigenvalue weighted by atomic mass is 10.1. The maximum atomic E-state index is 12.4. The van der Waals surface area contributed by atoms with E-state index in [-0.39, 0.29) is 16.8 Å². The van der Waals surface area contributed by atoms with Crippen molar-refractivity contribution in [1.82, 2.24) is 4.90 Å². The molecule has 1 aliphatic heterocycles. The summed E-state index contributed by atoms with van der Waals surface area (Å²) in [5.41, 5.74) is 0.599. The number of amides is 1. The fourth-order valence-electron chi connectivity index (χ4n) is 1.97. The molecule has 6 nitrogen and oxygen atoms in total. The van der Waals surface area contributed by atoms with Crippen LogP contribution in [0.4, 0.5) is 0 Å². The largest absolute Gasteiger partial charge is 0.496 e. The van der Waals surface area contributed by atoms with Crippen LogP contribution in [0.3, 0.4) is 0 Å². The van der Waals surface area contributed by atoms with E-state index in [9.17, 15) is 9.59 Å². The highest BCUT2D eigenvalue weighted by Gasteiger charge is 2.33. The Morgan fingerprint density at radius 3 is 2.54 bits per heavy atom. The van der Waals surface area contributed by atoms with E-state index >= 15 is 0 Å². The summed E-state index contributed by atoms with van der Waals surface area (Å²) in [5.74, 6) is 0.0420. The molecule has 0 aromatic heterocycles. The molecule has 0 bridgehead atoms. The summed E-state index contributed by atoms with van der Waals surface area (Å²) in [4.78, 5) is 25.4. The number of rotatable bonds is 5. The molecule has 9 heteroatoms. The van der Waals surface area contributed by atoms with Crippen LogP contribution >= 0.6 is 35.6 Å². The number of thioether (sulfide) groups is 1. The van der Waals surface area contributed by atoms with Crippen LogP contribution in [-0.2, 0) is 14.3 Å². The number of hydrogen-bond acceptors (Lipinski definition) is 7. The fraction of sp³-hybridized carbons (Fsp3) is 0.267. The van der Waals surface area contributed by atoms with E-state index in [4.69, 9.17) is 33.3 Å². The van der Waals surface area contributed by atoms with Crippen LogP contribution in [0.1, 0.15) is 5.56 Å². The Bertz CT molecular complexity index is 735. The zero-order valence-corrected chi connectivity index (χ0v) is 15.5. The molecule has 1 heterocycles. The van der Waals surface area contributed by atoms with E-state index in [1.807, 2.05) is 0 Å². The SMILES string of the molecule is COC(=O)CN1C(=O)/C(=C/c2cc(Cl)c(OC)cc2OC)SC1=S. The van der Waals surface area contributed by atoms with Gasteiger partial charge in [-0.1, -0.05) is 35.6 Å². The fourth-order valence-corrected chi connectivity index (χ4v) is 3.46. The number of methoxy groups -OCH3 is 3. The van der Waals surface area contributed by atoms with Gasteiger partial charge in [0, 0.05) is 11.6 Å². The monoisotopic (exact) mass is 387 g/mol. The highest BCUT2D eigenvalue weighted by Crippen LogP contribution is 2.37. The molecule has 1 aromatic carbocycles. The molecule has 0 N–H and O–H groups in total. The van der Waals surface area contributed by atoms with E-state index in [0.717, 1.165) is 11.8 Å². The molecule has 0 spiro atoms. The van der Waals surface area contributed by atoms with Gasteiger partial charge in [-0.2, -0.15) is 0 Å². The molecule has 0 aliphatic carbocycles. The first kappa shape index (κ1) is 18.6. The predicted molar refractivity (Wildman–Crippen MR) is 96.5 cm³/mol. The molecule has 24 heavy (non-hydrogen) atoms. The van der Waals surface area contributed by atoms with Crippen molar-refractivity contribution in [3.05, 3.63) is 27.6 Å². The Morgan fingerprint density at radius 1 is 1.29 bits per heavy atom. The number of ether oxygens (including phenoxy) is 3.